The van der Waals surface area contributed by atoms with E-state index in [0.717, 1.165) is 24.3 Å². The third-order valence-corrected chi connectivity index (χ3v) is 3.02. The second-order valence-electron chi connectivity index (χ2n) is 4.26. The van der Waals surface area contributed by atoms with Crippen molar-refractivity contribution in [1.29, 1.82) is 0 Å². The van der Waals surface area contributed by atoms with Crippen LogP contribution in [0.25, 0.3) is 10.8 Å². The Balaban J connectivity index is -0.00000132. The first-order chi connectivity index (χ1) is 10.2. The summed E-state index contributed by atoms with van der Waals surface area (Å²) in [5, 5.41) is 43.4. The number of carboxylic acids is 4. The van der Waals surface area contributed by atoms with E-state index in [9.17, 15) is 39.6 Å². The van der Waals surface area contributed by atoms with E-state index in [1.165, 1.54) is 0 Å². The smallest absolute Gasteiger partial charge is 0.545 e. The van der Waals surface area contributed by atoms with Crippen molar-refractivity contribution < 1.29 is 158 Å². The summed E-state index contributed by atoms with van der Waals surface area (Å²) in [6, 6.07) is 3.35. The molecule has 0 aromatic heterocycles. The minimum absolute atomic E-state index is 0. The molecule has 12 heteroatoms. The second kappa shape index (κ2) is 12.9. The number of fused-ring (bicyclic) bond motifs is 1. The Bertz CT molecular complexity index is 866. The first-order valence-corrected chi connectivity index (χ1v) is 5.70. The molecule has 0 saturated carbocycles. The second-order valence-corrected chi connectivity index (χ2v) is 4.26. The summed E-state index contributed by atoms with van der Waals surface area (Å²) in [7, 11) is 0. The molecule has 2 aromatic carbocycles. The molecule has 0 aliphatic carbocycles. The van der Waals surface area contributed by atoms with Crippen LogP contribution in [0.2, 0.25) is 0 Å². The number of carbonyl (C=O) groups is 4. The zero-order valence-corrected chi connectivity index (χ0v) is 22.6. The molecular weight excluding hydrogens is 388 g/mol. The van der Waals surface area contributed by atoms with Crippen LogP contribution in [0, 0.1) is 0 Å². The zero-order valence-electron chi connectivity index (χ0n) is 14.6. The number of hydrogen-bond acceptors (Lipinski definition) is 8. The largest absolute Gasteiger partial charge is 1.00 e. The van der Waals surface area contributed by atoms with Crippen LogP contribution in [-0.2, 0) is 0 Å². The molecule has 26 heavy (non-hydrogen) atoms. The standard InChI is InChI=1S/C14H8O8.4Na/c15-11(16)5-3-8-6(9(4-5)13(19)20)1-2-7(12(17)18)10(8)14(21)22;;;;/h1-4H,(H,15,16)(H,17,18)(H,19,20)(H,21,22);;;;/q;4*+1/p-4. The molecular formula is C14H4Na4O8. The maximum atomic E-state index is 11.2. The normalized spacial score (nSPS) is 8.77. The molecule has 0 heterocycles. The minimum atomic E-state index is -1.93. The van der Waals surface area contributed by atoms with Gasteiger partial charge in [-0.1, -0.05) is 12.1 Å². The Kier molecular flexibility index (Phi) is 15.5. The summed E-state index contributed by atoms with van der Waals surface area (Å²) in [5.74, 6) is -7.30. The maximum Gasteiger partial charge on any atom is 1.00 e. The first kappa shape index (κ1) is 31.3. The molecule has 2 rings (SSSR count). The van der Waals surface area contributed by atoms with Crippen molar-refractivity contribution in [2.45, 2.75) is 0 Å². The fraction of sp³-hybridized carbons (Fsp3) is 0. The van der Waals surface area contributed by atoms with Gasteiger partial charge in [0.05, 0.1) is 23.9 Å². The molecule has 0 N–H and O–H groups in total. The van der Waals surface area contributed by atoms with Crippen molar-refractivity contribution in [3.05, 3.63) is 46.5 Å². The van der Waals surface area contributed by atoms with Gasteiger partial charge in [0, 0.05) is 16.7 Å². The van der Waals surface area contributed by atoms with Gasteiger partial charge in [-0.2, -0.15) is 0 Å². The SMILES string of the molecule is O=C([O-])c1cc(C(=O)[O-])c2ccc(C(=O)[O-])c(C(=O)[O-])c2c1.[Na+].[Na+].[Na+].[Na+]. The first-order valence-electron chi connectivity index (χ1n) is 5.70. The molecule has 0 fully saturated rings. The van der Waals surface area contributed by atoms with E-state index in [0.29, 0.717) is 0 Å². The molecule has 0 atom stereocenters. The third-order valence-electron chi connectivity index (χ3n) is 3.02. The van der Waals surface area contributed by atoms with E-state index < -0.39 is 51.5 Å². The molecule has 0 saturated heterocycles. The van der Waals surface area contributed by atoms with Crippen molar-refractivity contribution in [2.24, 2.45) is 0 Å². The van der Waals surface area contributed by atoms with Crippen LogP contribution in [-0.4, -0.2) is 23.9 Å². The van der Waals surface area contributed by atoms with E-state index in [4.69, 9.17) is 0 Å². The molecule has 0 spiro atoms. The van der Waals surface area contributed by atoms with Gasteiger partial charge in [0.15, 0.2) is 0 Å². The monoisotopic (exact) mass is 392 g/mol. The quantitative estimate of drug-likeness (QED) is 0.464. The van der Waals surface area contributed by atoms with Crippen LogP contribution >= 0.6 is 0 Å². The molecule has 112 valence electrons. The van der Waals surface area contributed by atoms with Crippen LogP contribution in [0.15, 0.2) is 24.3 Å². The fourth-order valence-corrected chi connectivity index (χ4v) is 2.11. The van der Waals surface area contributed by atoms with Crippen LogP contribution in [0.1, 0.15) is 41.4 Å². The summed E-state index contributed by atoms with van der Waals surface area (Å²) in [6.07, 6.45) is 0. The number of hydrogen-bond donors (Lipinski definition) is 0. The topological polar surface area (TPSA) is 161 Å². The molecule has 0 aliphatic heterocycles. The zero-order chi connectivity index (χ0) is 16.6. The summed E-state index contributed by atoms with van der Waals surface area (Å²) < 4.78 is 0. The number of aromatic carboxylic acids is 4. The van der Waals surface area contributed by atoms with E-state index in [-0.39, 0.29) is 124 Å². The van der Waals surface area contributed by atoms with Crippen molar-refractivity contribution in [3.8, 4) is 0 Å². The number of benzene rings is 2. The predicted octanol–water partition coefficient (Wildman–Crippen LogP) is -15.7. The Morgan fingerprint density at radius 3 is 1.46 bits per heavy atom. The number of carboxylic acid groups (broad SMARTS) is 4. The van der Waals surface area contributed by atoms with E-state index in [1.54, 1.807) is 0 Å². The van der Waals surface area contributed by atoms with Crippen molar-refractivity contribution >= 4 is 34.6 Å². The van der Waals surface area contributed by atoms with Crippen molar-refractivity contribution in [1.82, 2.24) is 0 Å². The van der Waals surface area contributed by atoms with E-state index >= 15 is 0 Å². The van der Waals surface area contributed by atoms with Crippen LogP contribution in [0.3, 0.4) is 0 Å². The van der Waals surface area contributed by atoms with E-state index in [2.05, 4.69) is 0 Å². The van der Waals surface area contributed by atoms with Gasteiger partial charge >= 0.3 is 118 Å². The Labute approximate surface area is 235 Å². The summed E-state index contributed by atoms with van der Waals surface area (Å²) in [5.41, 5.74) is -2.93. The minimum Gasteiger partial charge on any atom is -0.545 e. The van der Waals surface area contributed by atoms with Crippen LogP contribution < -0.4 is 139 Å². The Hall–Kier alpha value is 0.580. The van der Waals surface area contributed by atoms with Crippen molar-refractivity contribution in [2.75, 3.05) is 0 Å². The number of carbonyl (C=O) groups excluding carboxylic acids is 4. The molecule has 8 nitrogen and oxygen atoms in total. The van der Waals surface area contributed by atoms with Crippen molar-refractivity contribution in [3.63, 3.8) is 0 Å². The summed E-state index contributed by atoms with van der Waals surface area (Å²) >= 11 is 0. The molecule has 2 aromatic rings. The molecule has 0 radical (unpaired) electrons. The van der Waals surface area contributed by atoms with Gasteiger partial charge in [-0.3, -0.25) is 0 Å². The average Bonchev–Trinajstić information content (AvgIpc) is 2.43. The summed E-state index contributed by atoms with van der Waals surface area (Å²) in [4.78, 5) is 44.1. The molecule has 0 unspecified atom stereocenters. The Morgan fingerprint density at radius 2 is 1.08 bits per heavy atom. The predicted molar refractivity (Wildman–Crippen MR) is 61.3 cm³/mol. The average molecular weight is 392 g/mol. The van der Waals surface area contributed by atoms with Crippen LogP contribution in [0.4, 0.5) is 0 Å². The van der Waals surface area contributed by atoms with Gasteiger partial charge in [-0.15, -0.1) is 0 Å². The van der Waals surface area contributed by atoms with Gasteiger partial charge in [0.1, 0.15) is 0 Å². The van der Waals surface area contributed by atoms with Gasteiger partial charge in [-0.05, 0) is 28.5 Å². The Morgan fingerprint density at radius 1 is 0.577 bits per heavy atom. The molecule has 0 amide bonds. The third kappa shape index (κ3) is 6.58. The fourth-order valence-electron chi connectivity index (χ4n) is 2.11. The van der Waals surface area contributed by atoms with Gasteiger partial charge in [0.2, 0.25) is 0 Å². The summed E-state index contributed by atoms with van der Waals surface area (Å²) in [6.45, 7) is 0. The van der Waals surface area contributed by atoms with Gasteiger partial charge in [-0.25, -0.2) is 0 Å². The van der Waals surface area contributed by atoms with Gasteiger partial charge in [0.25, 0.3) is 0 Å². The van der Waals surface area contributed by atoms with Crippen LogP contribution in [0.5, 0.6) is 0 Å². The maximum absolute atomic E-state index is 11.2. The van der Waals surface area contributed by atoms with Gasteiger partial charge < -0.3 is 39.6 Å². The number of rotatable bonds is 4. The molecule has 0 aliphatic rings. The molecule has 0 bridgehead atoms. The van der Waals surface area contributed by atoms with E-state index in [1.807, 2.05) is 0 Å².